The van der Waals surface area contributed by atoms with Gasteiger partial charge in [0, 0.05) is 18.3 Å². The van der Waals surface area contributed by atoms with Crippen LogP contribution in [-0.4, -0.2) is 51.9 Å². The molecule has 1 fully saturated rings. The van der Waals surface area contributed by atoms with Gasteiger partial charge in [0.25, 0.3) is 0 Å². The minimum atomic E-state index is 0.737. The van der Waals surface area contributed by atoms with Crippen molar-refractivity contribution in [2.45, 2.75) is 37.8 Å². The van der Waals surface area contributed by atoms with E-state index in [9.17, 15) is 0 Å². The fourth-order valence-corrected chi connectivity index (χ4v) is 4.45. The van der Waals surface area contributed by atoms with Crippen molar-refractivity contribution >= 4 is 22.8 Å². The van der Waals surface area contributed by atoms with E-state index in [1.54, 1.807) is 11.8 Å². The quantitative estimate of drug-likeness (QED) is 0.428. The van der Waals surface area contributed by atoms with Crippen molar-refractivity contribution in [2.75, 3.05) is 32.5 Å². The molecule has 4 rings (SSSR count). The fraction of sp³-hybridized carbons (Fsp3) is 0.455. The monoisotopic (exact) mass is 396 g/mol. The van der Waals surface area contributed by atoms with Crippen molar-refractivity contribution in [1.82, 2.24) is 19.4 Å². The molecule has 28 heavy (non-hydrogen) atoms. The number of para-hydroxylation sites is 2. The Labute approximate surface area is 171 Å². The molecule has 3 aromatic rings. The zero-order valence-electron chi connectivity index (χ0n) is 16.7. The van der Waals surface area contributed by atoms with Crippen molar-refractivity contribution in [3.05, 3.63) is 42.1 Å². The van der Waals surface area contributed by atoms with Crippen LogP contribution in [0.25, 0.3) is 16.9 Å². The molecule has 0 bridgehead atoms. The molecule has 2 aromatic heterocycles. The van der Waals surface area contributed by atoms with Crippen molar-refractivity contribution < 1.29 is 4.74 Å². The van der Waals surface area contributed by atoms with Crippen LogP contribution in [0.1, 0.15) is 31.2 Å². The van der Waals surface area contributed by atoms with Gasteiger partial charge in [0.1, 0.15) is 11.6 Å². The molecule has 1 aromatic carbocycles. The molecule has 1 saturated heterocycles. The highest BCUT2D eigenvalue weighted by molar-refractivity contribution is 7.98. The summed E-state index contributed by atoms with van der Waals surface area (Å²) in [5, 5.41) is 0.944. The zero-order chi connectivity index (χ0) is 19.3. The summed E-state index contributed by atoms with van der Waals surface area (Å²) >= 11 is 1.63. The standard InChI is InChI=1S/C22H28N4OS/c1-17-20(27-16-8-15-25-13-6-3-7-14-25)11-12-23-21(17)26-19-10-5-4-9-18(19)24-22(26)28-2/h4-5,9-12H,3,6-8,13-16H2,1-2H3. The first kappa shape index (κ1) is 19.3. The summed E-state index contributed by atoms with van der Waals surface area (Å²) in [5.74, 6) is 1.81. The summed E-state index contributed by atoms with van der Waals surface area (Å²) in [7, 11) is 0. The SMILES string of the molecule is CSc1nc2ccccc2n1-c1nccc(OCCCN2CCCCC2)c1C. The maximum Gasteiger partial charge on any atom is 0.174 e. The van der Waals surface area contributed by atoms with Gasteiger partial charge in [0.05, 0.1) is 17.6 Å². The third-order valence-corrected chi connectivity index (χ3v) is 6.02. The molecule has 0 aliphatic carbocycles. The number of imidazole rings is 1. The third kappa shape index (κ3) is 4.03. The first-order chi connectivity index (χ1) is 13.8. The van der Waals surface area contributed by atoms with E-state index in [-0.39, 0.29) is 0 Å². The Morgan fingerprint density at radius 3 is 2.75 bits per heavy atom. The number of aromatic nitrogens is 3. The number of thioether (sulfide) groups is 1. The smallest absolute Gasteiger partial charge is 0.174 e. The Morgan fingerprint density at radius 1 is 1.11 bits per heavy atom. The number of benzene rings is 1. The molecule has 0 unspecified atom stereocenters. The van der Waals surface area contributed by atoms with E-state index in [2.05, 4.69) is 27.4 Å². The van der Waals surface area contributed by atoms with Gasteiger partial charge in [0.15, 0.2) is 5.16 Å². The maximum atomic E-state index is 6.14. The third-order valence-electron chi connectivity index (χ3n) is 5.38. The Balaban J connectivity index is 1.51. The Morgan fingerprint density at radius 2 is 1.93 bits per heavy atom. The van der Waals surface area contributed by atoms with E-state index in [0.717, 1.165) is 52.9 Å². The van der Waals surface area contributed by atoms with Crippen LogP contribution in [0, 0.1) is 6.92 Å². The van der Waals surface area contributed by atoms with Gasteiger partial charge in [-0.15, -0.1) is 0 Å². The molecular weight excluding hydrogens is 368 g/mol. The molecule has 5 nitrogen and oxygen atoms in total. The molecule has 0 N–H and O–H groups in total. The number of pyridine rings is 1. The van der Waals surface area contributed by atoms with Gasteiger partial charge in [0.2, 0.25) is 0 Å². The second-order valence-corrected chi connectivity index (χ2v) is 8.06. The fourth-order valence-electron chi connectivity index (χ4n) is 3.89. The first-order valence-electron chi connectivity index (χ1n) is 10.1. The predicted octanol–water partition coefficient (Wildman–Crippen LogP) is 4.71. The molecule has 1 aliphatic rings. The normalized spacial score (nSPS) is 15.2. The van der Waals surface area contributed by atoms with Crippen LogP contribution >= 0.6 is 11.8 Å². The lowest BCUT2D eigenvalue weighted by atomic mass is 10.1. The van der Waals surface area contributed by atoms with Crippen molar-refractivity contribution in [3.8, 4) is 11.6 Å². The largest absolute Gasteiger partial charge is 0.493 e. The lowest BCUT2D eigenvalue weighted by Gasteiger charge is -2.26. The van der Waals surface area contributed by atoms with Gasteiger partial charge in [-0.2, -0.15) is 0 Å². The highest BCUT2D eigenvalue weighted by Gasteiger charge is 2.16. The lowest BCUT2D eigenvalue weighted by Crippen LogP contribution is -2.31. The van der Waals surface area contributed by atoms with E-state index in [1.807, 2.05) is 36.7 Å². The molecule has 0 spiro atoms. The molecule has 0 radical (unpaired) electrons. The topological polar surface area (TPSA) is 43.2 Å². The molecule has 3 heterocycles. The van der Waals surface area contributed by atoms with Crippen molar-refractivity contribution in [1.29, 1.82) is 0 Å². The van der Waals surface area contributed by atoms with Crippen LogP contribution in [0.3, 0.4) is 0 Å². The molecule has 1 aliphatic heterocycles. The van der Waals surface area contributed by atoms with Gasteiger partial charge >= 0.3 is 0 Å². The second-order valence-electron chi connectivity index (χ2n) is 7.28. The van der Waals surface area contributed by atoms with Gasteiger partial charge in [-0.05, 0) is 63.7 Å². The van der Waals surface area contributed by atoms with Crippen LogP contribution in [-0.2, 0) is 0 Å². The summed E-state index contributed by atoms with van der Waals surface area (Å²) < 4.78 is 8.28. The van der Waals surface area contributed by atoms with Gasteiger partial charge in [-0.25, -0.2) is 9.97 Å². The van der Waals surface area contributed by atoms with E-state index < -0.39 is 0 Å². The van der Waals surface area contributed by atoms with Gasteiger partial charge < -0.3 is 9.64 Å². The van der Waals surface area contributed by atoms with Gasteiger partial charge in [-0.3, -0.25) is 4.57 Å². The summed E-state index contributed by atoms with van der Waals surface area (Å²) in [6, 6.07) is 10.2. The number of piperidine rings is 1. The minimum Gasteiger partial charge on any atom is -0.493 e. The van der Waals surface area contributed by atoms with E-state index in [0.29, 0.717) is 0 Å². The lowest BCUT2D eigenvalue weighted by molar-refractivity contribution is 0.204. The summed E-state index contributed by atoms with van der Waals surface area (Å²) in [6.45, 7) is 6.43. The first-order valence-corrected chi connectivity index (χ1v) is 11.3. The van der Waals surface area contributed by atoms with Crippen LogP contribution < -0.4 is 4.74 Å². The molecule has 6 heteroatoms. The number of hydrogen-bond donors (Lipinski definition) is 0. The van der Waals surface area contributed by atoms with Crippen molar-refractivity contribution in [3.63, 3.8) is 0 Å². The number of ether oxygens (including phenoxy) is 1. The number of fused-ring (bicyclic) bond motifs is 1. The molecule has 148 valence electrons. The highest BCUT2D eigenvalue weighted by atomic mass is 32.2. The molecule has 0 amide bonds. The summed E-state index contributed by atoms with van der Waals surface area (Å²) in [6.07, 6.45) is 9.00. The number of rotatable bonds is 7. The maximum absolute atomic E-state index is 6.14. The summed E-state index contributed by atoms with van der Waals surface area (Å²) in [5.41, 5.74) is 3.12. The second kappa shape index (κ2) is 8.97. The average Bonchev–Trinajstić information content (AvgIpc) is 3.11. The number of nitrogens with zero attached hydrogens (tertiary/aromatic N) is 4. The van der Waals surface area contributed by atoms with Crippen LogP contribution in [0.5, 0.6) is 5.75 Å². The van der Waals surface area contributed by atoms with Crippen LogP contribution in [0.4, 0.5) is 0 Å². The minimum absolute atomic E-state index is 0.737. The molecular formula is C22H28N4OS. The Bertz CT molecular complexity index is 933. The predicted molar refractivity (Wildman–Crippen MR) is 116 cm³/mol. The zero-order valence-corrected chi connectivity index (χ0v) is 17.5. The highest BCUT2D eigenvalue weighted by Crippen LogP contribution is 2.30. The van der Waals surface area contributed by atoms with Crippen LogP contribution in [0.15, 0.2) is 41.7 Å². The Kier molecular flexibility index (Phi) is 6.17. The number of likely N-dealkylation sites (tertiary alicyclic amines) is 1. The summed E-state index contributed by atoms with van der Waals surface area (Å²) in [4.78, 5) is 12.0. The average molecular weight is 397 g/mol. The van der Waals surface area contributed by atoms with E-state index >= 15 is 0 Å². The Hall–Kier alpha value is -2.05. The molecule has 0 atom stereocenters. The van der Waals surface area contributed by atoms with Crippen LogP contribution in [0.2, 0.25) is 0 Å². The van der Waals surface area contributed by atoms with E-state index in [1.165, 1.54) is 32.4 Å². The van der Waals surface area contributed by atoms with E-state index in [4.69, 9.17) is 9.72 Å². The van der Waals surface area contributed by atoms with Gasteiger partial charge in [-0.1, -0.05) is 30.3 Å². The molecule has 0 saturated carbocycles. The number of hydrogen-bond acceptors (Lipinski definition) is 5. The van der Waals surface area contributed by atoms with Crippen molar-refractivity contribution in [2.24, 2.45) is 0 Å².